The van der Waals surface area contributed by atoms with Crippen LogP contribution in [0.3, 0.4) is 0 Å². The number of nitro groups is 1. The van der Waals surface area contributed by atoms with Crippen LogP contribution in [0.15, 0.2) is 24.3 Å². The first-order chi connectivity index (χ1) is 9.24. The minimum absolute atomic E-state index is 0.185. The quantitative estimate of drug-likeness (QED) is 0.589. The third-order valence-electron chi connectivity index (χ3n) is 3.98. The van der Waals surface area contributed by atoms with Crippen LogP contribution in [0.25, 0.3) is 0 Å². The average Bonchev–Trinajstić information content (AvgIpc) is 2.47. The van der Waals surface area contributed by atoms with E-state index in [9.17, 15) is 10.1 Å². The van der Waals surface area contributed by atoms with E-state index in [0.29, 0.717) is 4.58 Å². The molecule has 0 amide bonds. The summed E-state index contributed by atoms with van der Waals surface area (Å²) >= 11 is 4.09. The molecular formula is C14H17NO2S2. The van der Waals surface area contributed by atoms with Crippen LogP contribution in [0.4, 0.5) is 5.69 Å². The normalized spacial score (nSPS) is 30.6. The van der Waals surface area contributed by atoms with Crippen LogP contribution in [-0.2, 0) is 0 Å². The molecule has 0 spiro atoms. The van der Waals surface area contributed by atoms with Crippen molar-refractivity contribution in [3.05, 3.63) is 39.9 Å². The van der Waals surface area contributed by atoms with E-state index >= 15 is 0 Å². The summed E-state index contributed by atoms with van der Waals surface area (Å²) in [5.41, 5.74) is 1.41. The molecule has 0 radical (unpaired) electrons. The monoisotopic (exact) mass is 295 g/mol. The van der Waals surface area contributed by atoms with Crippen molar-refractivity contribution in [1.82, 2.24) is 0 Å². The molecule has 1 aliphatic heterocycles. The van der Waals surface area contributed by atoms with Crippen molar-refractivity contribution in [2.24, 2.45) is 5.92 Å². The van der Waals surface area contributed by atoms with E-state index in [1.165, 1.54) is 37.0 Å². The van der Waals surface area contributed by atoms with Gasteiger partial charge in [-0.1, -0.05) is 25.0 Å². The van der Waals surface area contributed by atoms with Crippen LogP contribution >= 0.6 is 23.5 Å². The van der Waals surface area contributed by atoms with Crippen molar-refractivity contribution < 1.29 is 4.92 Å². The Labute approximate surface area is 121 Å². The van der Waals surface area contributed by atoms with Gasteiger partial charge in [-0.3, -0.25) is 10.1 Å². The van der Waals surface area contributed by atoms with Crippen molar-refractivity contribution in [3.8, 4) is 0 Å². The molecule has 2 fully saturated rings. The summed E-state index contributed by atoms with van der Waals surface area (Å²) < 4.78 is 0.458. The zero-order valence-corrected chi connectivity index (χ0v) is 12.3. The van der Waals surface area contributed by atoms with Crippen LogP contribution in [0, 0.1) is 16.0 Å². The molecule has 1 heterocycles. The number of non-ortho nitro benzene ring substituents is 1. The fraction of sp³-hybridized carbons (Fsp3) is 0.571. The number of thioether (sulfide) groups is 2. The van der Waals surface area contributed by atoms with Crippen LogP contribution in [0.5, 0.6) is 0 Å². The summed E-state index contributed by atoms with van der Waals surface area (Å²) in [6, 6.07) is 7.10. The molecule has 19 heavy (non-hydrogen) atoms. The summed E-state index contributed by atoms with van der Waals surface area (Å²) in [4.78, 5) is 10.3. The van der Waals surface area contributed by atoms with E-state index in [1.807, 2.05) is 23.9 Å². The standard InChI is InChI=1S/C14H17NO2S2/c16-15(17)12-7-5-10(6-8-12)14-18-9-11-3-1-2-4-13(11)19-14/h5-8,11,13-14H,1-4,9H2/t11-,13+,14-/m1/s1. The van der Waals surface area contributed by atoms with Crippen LogP contribution < -0.4 is 0 Å². The number of nitro benzene ring substituents is 1. The summed E-state index contributed by atoms with van der Waals surface area (Å²) in [5.74, 6) is 2.14. The molecule has 1 aromatic rings. The molecule has 3 rings (SSSR count). The maximum absolute atomic E-state index is 10.7. The van der Waals surface area contributed by atoms with Gasteiger partial charge in [0.2, 0.25) is 0 Å². The SMILES string of the molecule is O=[N+]([O-])c1ccc([C@@H]2SC[C@H]3CCCC[C@@H]3S2)cc1. The van der Waals surface area contributed by atoms with Crippen molar-refractivity contribution in [2.75, 3.05) is 5.75 Å². The minimum atomic E-state index is -0.331. The lowest BCUT2D eigenvalue weighted by molar-refractivity contribution is -0.384. The van der Waals surface area contributed by atoms with Gasteiger partial charge < -0.3 is 0 Å². The van der Waals surface area contributed by atoms with Crippen molar-refractivity contribution in [1.29, 1.82) is 0 Å². The first-order valence-electron chi connectivity index (χ1n) is 6.75. The van der Waals surface area contributed by atoms with Crippen molar-refractivity contribution in [3.63, 3.8) is 0 Å². The molecule has 5 heteroatoms. The van der Waals surface area contributed by atoms with Gasteiger partial charge in [-0.15, -0.1) is 23.5 Å². The highest BCUT2D eigenvalue weighted by Crippen LogP contribution is 2.52. The van der Waals surface area contributed by atoms with Gasteiger partial charge in [-0.25, -0.2) is 0 Å². The first kappa shape index (κ1) is 13.3. The van der Waals surface area contributed by atoms with Gasteiger partial charge in [0.15, 0.2) is 0 Å². The lowest BCUT2D eigenvalue weighted by atomic mass is 9.90. The molecule has 2 aliphatic rings. The Hall–Kier alpha value is -0.680. The van der Waals surface area contributed by atoms with Gasteiger partial charge in [0.25, 0.3) is 5.69 Å². The van der Waals surface area contributed by atoms with Crippen LogP contribution in [0.1, 0.15) is 35.8 Å². The zero-order valence-electron chi connectivity index (χ0n) is 10.7. The molecule has 1 aliphatic carbocycles. The molecule has 0 N–H and O–H groups in total. The third-order valence-corrected chi connectivity index (χ3v) is 7.40. The van der Waals surface area contributed by atoms with Gasteiger partial charge in [-0.05, 0) is 30.1 Å². The molecule has 3 nitrogen and oxygen atoms in total. The van der Waals surface area contributed by atoms with E-state index in [1.54, 1.807) is 12.1 Å². The number of nitrogens with zero attached hydrogens (tertiary/aromatic N) is 1. The van der Waals surface area contributed by atoms with E-state index in [-0.39, 0.29) is 10.6 Å². The Morgan fingerprint density at radius 1 is 1.16 bits per heavy atom. The highest BCUT2D eigenvalue weighted by atomic mass is 32.2. The van der Waals surface area contributed by atoms with Crippen molar-refractivity contribution in [2.45, 2.75) is 35.5 Å². The fourth-order valence-electron chi connectivity index (χ4n) is 2.88. The minimum Gasteiger partial charge on any atom is -0.258 e. The largest absolute Gasteiger partial charge is 0.269 e. The van der Waals surface area contributed by atoms with E-state index in [0.717, 1.165) is 11.2 Å². The second-order valence-electron chi connectivity index (χ2n) is 5.23. The van der Waals surface area contributed by atoms with E-state index < -0.39 is 0 Å². The summed E-state index contributed by atoms with van der Waals surface area (Å²) in [7, 11) is 0. The maximum Gasteiger partial charge on any atom is 0.269 e. The predicted octanol–water partition coefficient (Wildman–Crippen LogP) is 4.63. The second kappa shape index (κ2) is 5.75. The topological polar surface area (TPSA) is 43.1 Å². The van der Waals surface area contributed by atoms with Crippen molar-refractivity contribution >= 4 is 29.2 Å². The van der Waals surface area contributed by atoms with Crippen LogP contribution in [0.2, 0.25) is 0 Å². The lowest BCUT2D eigenvalue weighted by Crippen LogP contribution is -2.28. The van der Waals surface area contributed by atoms with E-state index in [2.05, 4.69) is 11.8 Å². The molecule has 1 aromatic carbocycles. The van der Waals surface area contributed by atoms with Gasteiger partial charge in [0, 0.05) is 17.4 Å². The summed E-state index contributed by atoms with van der Waals surface area (Å²) in [6.45, 7) is 0. The van der Waals surface area contributed by atoms with Gasteiger partial charge in [-0.2, -0.15) is 0 Å². The Balaban J connectivity index is 1.70. The number of fused-ring (bicyclic) bond motifs is 1. The Bertz CT molecular complexity index is 463. The van der Waals surface area contributed by atoms with Crippen LogP contribution in [-0.4, -0.2) is 15.9 Å². The number of benzene rings is 1. The highest BCUT2D eigenvalue weighted by molar-refractivity contribution is 8.17. The number of rotatable bonds is 2. The van der Waals surface area contributed by atoms with E-state index in [4.69, 9.17) is 0 Å². The fourth-order valence-corrected chi connectivity index (χ4v) is 6.54. The first-order valence-corrected chi connectivity index (χ1v) is 8.74. The summed E-state index contributed by atoms with van der Waals surface area (Å²) in [5, 5.41) is 11.5. The lowest BCUT2D eigenvalue weighted by Gasteiger charge is -2.38. The summed E-state index contributed by atoms with van der Waals surface area (Å²) in [6.07, 6.45) is 5.49. The molecule has 1 saturated carbocycles. The second-order valence-corrected chi connectivity index (χ2v) is 8.02. The average molecular weight is 295 g/mol. The molecule has 1 saturated heterocycles. The molecule has 0 bridgehead atoms. The maximum atomic E-state index is 10.7. The molecular weight excluding hydrogens is 278 g/mol. The smallest absolute Gasteiger partial charge is 0.258 e. The molecule has 3 atom stereocenters. The highest BCUT2D eigenvalue weighted by Gasteiger charge is 2.33. The molecule has 0 aromatic heterocycles. The third kappa shape index (κ3) is 2.92. The van der Waals surface area contributed by atoms with Gasteiger partial charge in [0.05, 0.1) is 9.51 Å². The molecule has 0 unspecified atom stereocenters. The predicted molar refractivity (Wildman–Crippen MR) is 81.6 cm³/mol. The Morgan fingerprint density at radius 2 is 1.89 bits per heavy atom. The van der Waals surface area contributed by atoms with Gasteiger partial charge in [0.1, 0.15) is 0 Å². The number of hydrogen-bond acceptors (Lipinski definition) is 4. The Kier molecular flexibility index (Phi) is 4.03. The Morgan fingerprint density at radius 3 is 2.63 bits per heavy atom. The van der Waals surface area contributed by atoms with Gasteiger partial charge >= 0.3 is 0 Å². The zero-order chi connectivity index (χ0) is 13.2. The number of hydrogen-bond donors (Lipinski definition) is 0. The molecule has 102 valence electrons.